The van der Waals surface area contributed by atoms with E-state index in [0.717, 1.165) is 45.0 Å². The van der Waals surface area contributed by atoms with E-state index >= 15 is 0 Å². The topological polar surface area (TPSA) is 78.0 Å². The number of sulfone groups is 1. The van der Waals surface area contributed by atoms with Gasteiger partial charge in [0.05, 0.1) is 33.3 Å². The van der Waals surface area contributed by atoms with Crippen LogP contribution >= 0.6 is 11.6 Å². The molecule has 0 amide bonds. The second-order valence-corrected chi connectivity index (χ2v) is 12.2. The van der Waals surface area contributed by atoms with Gasteiger partial charge in [-0.2, -0.15) is 0 Å². The Balaban J connectivity index is 1.59. The number of fused-ring (bicyclic) bond motifs is 1. The minimum atomic E-state index is -3.00. The summed E-state index contributed by atoms with van der Waals surface area (Å²) >= 11 is 5.87. The molecular formula is C26H27ClFN3O3S. The van der Waals surface area contributed by atoms with Gasteiger partial charge in [-0.3, -0.25) is 0 Å². The van der Waals surface area contributed by atoms with Crippen LogP contribution in [0, 0.1) is 19.7 Å². The Labute approximate surface area is 209 Å². The van der Waals surface area contributed by atoms with Crippen molar-refractivity contribution in [2.75, 3.05) is 11.5 Å². The van der Waals surface area contributed by atoms with Crippen LogP contribution in [0.4, 0.5) is 4.39 Å². The fraction of sp³-hybridized carbons (Fsp3) is 0.385. The largest absolute Gasteiger partial charge is 0.361 e. The van der Waals surface area contributed by atoms with Crippen molar-refractivity contribution in [2.24, 2.45) is 0 Å². The summed E-state index contributed by atoms with van der Waals surface area (Å²) in [6.45, 7) is 5.87. The van der Waals surface area contributed by atoms with Gasteiger partial charge in [0.25, 0.3) is 0 Å². The Kier molecular flexibility index (Phi) is 6.21. The summed E-state index contributed by atoms with van der Waals surface area (Å²) in [5.41, 5.74) is 5.38. The molecule has 0 aliphatic carbocycles. The number of nitrogens with zero attached hydrogens (tertiary/aromatic N) is 3. The molecule has 0 N–H and O–H groups in total. The van der Waals surface area contributed by atoms with Gasteiger partial charge >= 0.3 is 0 Å². The normalized spacial score (nSPS) is 17.2. The van der Waals surface area contributed by atoms with Crippen molar-refractivity contribution in [2.45, 2.75) is 52.0 Å². The second kappa shape index (κ2) is 9.06. The van der Waals surface area contributed by atoms with Crippen molar-refractivity contribution in [3.05, 3.63) is 70.1 Å². The Morgan fingerprint density at radius 2 is 1.91 bits per heavy atom. The van der Waals surface area contributed by atoms with Gasteiger partial charge in [0.1, 0.15) is 27.2 Å². The first-order valence-electron chi connectivity index (χ1n) is 11.7. The van der Waals surface area contributed by atoms with E-state index in [4.69, 9.17) is 21.1 Å². The molecule has 2 aromatic heterocycles. The number of benzene rings is 2. The molecule has 1 aliphatic rings. The number of hydrogen-bond acceptors (Lipinski definition) is 5. The lowest BCUT2D eigenvalue weighted by molar-refractivity contribution is 0.393. The summed E-state index contributed by atoms with van der Waals surface area (Å²) < 4.78 is 45.8. The van der Waals surface area contributed by atoms with Gasteiger partial charge in [0, 0.05) is 17.5 Å². The highest BCUT2D eigenvalue weighted by atomic mass is 35.5. The summed E-state index contributed by atoms with van der Waals surface area (Å²) in [6.07, 6.45) is 1.68. The lowest BCUT2D eigenvalue weighted by atomic mass is 9.99. The highest BCUT2D eigenvalue weighted by Gasteiger charge is 2.29. The van der Waals surface area contributed by atoms with Crippen molar-refractivity contribution in [1.29, 1.82) is 0 Å². The lowest BCUT2D eigenvalue weighted by Crippen LogP contribution is -2.27. The monoisotopic (exact) mass is 515 g/mol. The molecule has 4 aromatic rings. The third-order valence-corrected chi connectivity index (χ3v) is 8.92. The predicted octanol–water partition coefficient (Wildman–Crippen LogP) is 6.20. The maximum atomic E-state index is 14.1. The summed E-state index contributed by atoms with van der Waals surface area (Å²) in [5.74, 6) is 1.50. The van der Waals surface area contributed by atoms with Crippen LogP contribution in [0.15, 0.2) is 40.9 Å². The van der Waals surface area contributed by atoms with Crippen molar-refractivity contribution >= 4 is 32.5 Å². The quantitative estimate of drug-likeness (QED) is 0.316. The van der Waals surface area contributed by atoms with Crippen molar-refractivity contribution in [3.63, 3.8) is 0 Å². The predicted molar refractivity (Wildman–Crippen MR) is 135 cm³/mol. The second-order valence-electron chi connectivity index (χ2n) is 9.48. The first-order chi connectivity index (χ1) is 16.6. The van der Waals surface area contributed by atoms with Gasteiger partial charge in [-0.1, -0.05) is 35.8 Å². The van der Waals surface area contributed by atoms with Gasteiger partial charge in [0.15, 0.2) is 0 Å². The van der Waals surface area contributed by atoms with E-state index in [-0.39, 0.29) is 28.5 Å². The highest BCUT2D eigenvalue weighted by molar-refractivity contribution is 7.91. The smallest absolute Gasteiger partial charge is 0.150 e. The maximum Gasteiger partial charge on any atom is 0.150 e. The highest BCUT2D eigenvalue weighted by Crippen LogP contribution is 2.36. The molecule has 6 nitrogen and oxygen atoms in total. The Morgan fingerprint density at radius 1 is 1.17 bits per heavy atom. The minimum Gasteiger partial charge on any atom is -0.361 e. The van der Waals surface area contributed by atoms with Crippen LogP contribution in [0.1, 0.15) is 54.6 Å². The van der Waals surface area contributed by atoms with E-state index < -0.39 is 15.7 Å². The fourth-order valence-corrected chi connectivity index (χ4v) is 6.73. The number of aryl methyl sites for hydroxylation is 2. The van der Waals surface area contributed by atoms with Crippen molar-refractivity contribution in [3.8, 4) is 11.1 Å². The number of aromatic nitrogens is 3. The lowest BCUT2D eigenvalue weighted by Gasteiger charge is -2.27. The van der Waals surface area contributed by atoms with E-state index in [0.29, 0.717) is 19.3 Å². The molecule has 1 fully saturated rings. The first-order valence-corrected chi connectivity index (χ1v) is 13.9. The summed E-state index contributed by atoms with van der Waals surface area (Å²) in [4.78, 5) is 5.03. The van der Waals surface area contributed by atoms with E-state index in [2.05, 4.69) is 16.6 Å². The molecule has 0 saturated carbocycles. The first kappa shape index (κ1) is 24.0. The van der Waals surface area contributed by atoms with E-state index in [9.17, 15) is 12.8 Å². The maximum absolute atomic E-state index is 14.1. The molecule has 9 heteroatoms. The van der Waals surface area contributed by atoms with Crippen LogP contribution < -0.4 is 0 Å². The van der Waals surface area contributed by atoms with Gasteiger partial charge in [-0.15, -0.1) is 0 Å². The van der Waals surface area contributed by atoms with E-state index in [1.807, 2.05) is 38.1 Å². The molecule has 0 radical (unpaired) electrons. The Morgan fingerprint density at radius 3 is 2.57 bits per heavy atom. The Hall–Kier alpha value is -2.71. The van der Waals surface area contributed by atoms with E-state index in [1.54, 1.807) is 6.07 Å². The SMILES string of the molecule is Cc1noc(C)c1-c1ccc2c(c1)nc([C@H](C)Cc1ccc(Cl)c(F)c1)n2C1CCS(=O)(=O)CC1. The van der Waals surface area contributed by atoms with Gasteiger partial charge < -0.3 is 9.09 Å². The number of imidazole rings is 1. The molecule has 2 aromatic carbocycles. The third kappa shape index (κ3) is 4.61. The minimum absolute atomic E-state index is 0.0241. The third-order valence-electron chi connectivity index (χ3n) is 6.89. The molecule has 0 unspecified atom stereocenters. The van der Waals surface area contributed by atoms with E-state index in [1.165, 1.54) is 6.07 Å². The zero-order chi connectivity index (χ0) is 24.9. The Bertz CT molecular complexity index is 1490. The molecule has 35 heavy (non-hydrogen) atoms. The van der Waals surface area contributed by atoms with Crippen molar-refractivity contribution < 1.29 is 17.3 Å². The van der Waals surface area contributed by atoms with Gasteiger partial charge in [-0.25, -0.2) is 17.8 Å². The van der Waals surface area contributed by atoms with Gasteiger partial charge in [-0.05, 0) is 68.5 Å². The molecular weight excluding hydrogens is 489 g/mol. The number of rotatable bonds is 5. The summed E-state index contributed by atoms with van der Waals surface area (Å²) in [5, 5.41) is 4.17. The molecule has 3 heterocycles. The van der Waals surface area contributed by atoms with Crippen LogP contribution in [0.25, 0.3) is 22.2 Å². The molecule has 0 bridgehead atoms. The van der Waals surface area contributed by atoms with Crippen molar-refractivity contribution in [1.82, 2.24) is 14.7 Å². The van der Waals surface area contributed by atoms with Crippen LogP contribution in [0.3, 0.4) is 0 Å². The van der Waals surface area contributed by atoms with Crippen LogP contribution in [0.5, 0.6) is 0 Å². The summed E-state index contributed by atoms with van der Waals surface area (Å²) in [7, 11) is -3.00. The molecule has 0 spiro atoms. The summed E-state index contributed by atoms with van der Waals surface area (Å²) in [6, 6.07) is 11.0. The number of halogens is 2. The standard InChI is InChI=1S/C26H27ClFN3O3S/c1-15(12-18-4-6-21(27)22(28)13-18)26-29-23-14-19(25-16(2)30-34-17(25)3)5-7-24(23)31(26)20-8-10-35(32,33)11-9-20/h4-7,13-15,20H,8-12H2,1-3H3/t15-/m1/s1. The van der Waals surface area contributed by atoms with Crippen LogP contribution in [-0.2, 0) is 16.3 Å². The average molecular weight is 516 g/mol. The fourth-order valence-electron chi connectivity index (χ4n) is 5.15. The zero-order valence-corrected chi connectivity index (χ0v) is 21.5. The van der Waals surface area contributed by atoms with Crippen LogP contribution in [-0.4, -0.2) is 34.6 Å². The molecule has 1 atom stereocenters. The molecule has 184 valence electrons. The molecule has 1 aliphatic heterocycles. The average Bonchev–Trinajstić information content (AvgIpc) is 3.35. The molecule has 1 saturated heterocycles. The zero-order valence-electron chi connectivity index (χ0n) is 19.9. The van der Waals surface area contributed by atoms with Crippen LogP contribution in [0.2, 0.25) is 5.02 Å². The number of hydrogen-bond donors (Lipinski definition) is 0. The van der Waals surface area contributed by atoms with Gasteiger partial charge in [0.2, 0.25) is 0 Å². The molecule has 5 rings (SSSR count).